The quantitative estimate of drug-likeness (QED) is 0.641. The third-order valence-electron chi connectivity index (χ3n) is 4.05. The Balaban J connectivity index is 1.69. The highest BCUT2D eigenvalue weighted by Gasteiger charge is 2.29. The van der Waals surface area contributed by atoms with Crippen LogP contribution in [0.3, 0.4) is 0 Å². The van der Waals surface area contributed by atoms with Gasteiger partial charge in [-0.2, -0.15) is 5.10 Å². The summed E-state index contributed by atoms with van der Waals surface area (Å²) in [5.74, 6) is -1.73. The van der Waals surface area contributed by atoms with E-state index in [1.807, 2.05) is 17.5 Å². The van der Waals surface area contributed by atoms with E-state index in [-0.39, 0.29) is 17.1 Å². The van der Waals surface area contributed by atoms with Gasteiger partial charge in [0.05, 0.1) is 6.20 Å². The molecule has 0 fully saturated rings. The molecule has 2 aromatic heterocycles. The molecule has 3 aromatic rings. The van der Waals surface area contributed by atoms with E-state index in [1.54, 1.807) is 10.8 Å². The van der Waals surface area contributed by atoms with Crippen molar-refractivity contribution >= 4 is 34.7 Å². The number of nitrogens with one attached hydrogen (secondary N) is 2. The SMILES string of the molecule is O=C(O)C1=CC(c2cccs2)n2ncc(C(=O)Nc3ccc(F)cc3)c2N1. The lowest BCUT2D eigenvalue weighted by Crippen LogP contribution is -2.25. The second kappa shape index (κ2) is 6.69. The first-order valence-electron chi connectivity index (χ1n) is 7.93. The molecule has 9 heteroatoms. The third kappa shape index (κ3) is 3.20. The van der Waals surface area contributed by atoms with E-state index in [9.17, 15) is 19.1 Å². The number of nitrogens with zero attached hydrogens (tertiary/aromatic N) is 2. The lowest BCUT2D eigenvalue weighted by Gasteiger charge is -2.23. The topological polar surface area (TPSA) is 96.2 Å². The first-order valence-corrected chi connectivity index (χ1v) is 8.81. The summed E-state index contributed by atoms with van der Waals surface area (Å²) in [6, 6.07) is 8.65. The highest BCUT2D eigenvalue weighted by molar-refractivity contribution is 7.10. The summed E-state index contributed by atoms with van der Waals surface area (Å²) in [5.41, 5.74) is 0.575. The van der Waals surface area contributed by atoms with Gasteiger partial charge >= 0.3 is 5.97 Å². The molecule has 1 unspecified atom stereocenters. The van der Waals surface area contributed by atoms with Crippen LogP contribution >= 0.6 is 11.3 Å². The normalized spacial score (nSPS) is 15.4. The molecule has 1 amide bonds. The highest BCUT2D eigenvalue weighted by Crippen LogP contribution is 2.34. The van der Waals surface area contributed by atoms with Gasteiger partial charge < -0.3 is 15.7 Å². The minimum absolute atomic E-state index is 0.0303. The van der Waals surface area contributed by atoms with Crippen LogP contribution in [0.5, 0.6) is 0 Å². The van der Waals surface area contributed by atoms with Crippen LogP contribution in [0.1, 0.15) is 21.3 Å². The second-order valence-electron chi connectivity index (χ2n) is 5.78. The zero-order valence-corrected chi connectivity index (χ0v) is 14.5. The van der Waals surface area contributed by atoms with E-state index in [4.69, 9.17) is 0 Å². The molecule has 3 N–H and O–H groups in total. The average molecular weight is 384 g/mol. The van der Waals surface area contributed by atoms with Crippen LogP contribution in [0.4, 0.5) is 15.9 Å². The summed E-state index contributed by atoms with van der Waals surface area (Å²) in [7, 11) is 0. The third-order valence-corrected chi connectivity index (χ3v) is 4.99. The van der Waals surface area contributed by atoms with Crippen LogP contribution in [0.2, 0.25) is 0 Å². The van der Waals surface area contributed by atoms with Crippen molar-refractivity contribution in [3.8, 4) is 0 Å². The van der Waals surface area contributed by atoms with Gasteiger partial charge in [0, 0.05) is 10.6 Å². The first kappa shape index (κ1) is 17.0. The minimum Gasteiger partial charge on any atom is -0.477 e. The number of carbonyl (C=O) groups excluding carboxylic acids is 1. The van der Waals surface area contributed by atoms with Crippen molar-refractivity contribution in [3.05, 3.63) is 76.0 Å². The Labute approximate surface area is 156 Å². The van der Waals surface area contributed by atoms with Crippen LogP contribution in [0.25, 0.3) is 0 Å². The van der Waals surface area contributed by atoms with Crippen LogP contribution in [0, 0.1) is 5.82 Å². The molecular weight excluding hydrogens is 371 g/mol. The van der Waals surface area contributed by atoms with Crippen molar-refractivity contribution in [1.29, 1.82) is 0 Å². The number of anilines is 2. The summed E-state index contributed by atoms with van der Waals surface area (Å²) in [4.78, 5) is 25.0. The number of amides is 1. The van der Waals surface area contributed by atoms with Gasteiger partial charge in [-0.3, -0.25) is 4.79 Å². The Hall–Kier alpha value is -3.46. The molecule has 0 radical (unpaired) electrons. The molecule has 136 valence electrons. The number of halogens is 1. The molecule has 0 aliphatic carbocycles. The second-order valence-corrected chi connectivity index (χ2v) is 6.76. The maximum absolute atomic E-state index is 13.0. The summed E-state index contributed by atoms with van der Waals surface area (Å²) in [6.45, 7) is 0. The van der Waals surface area contributed by atoms with Gasteiger partial charge in [-0.25, -0.2) is 13.9 Å². The Morgan fingerprint density at radius 3 is 2.70 bits per heavy atom. The maximum atomic E-state index is 13.0. The van der Waals surface area contributed by atoms with Crippen LogP contribution < -0.4 is 10.6 Å². The monoisotopic (exact) mass is 384 g/mol. The fourth-order valence-electron chi connectivity index (χ4n) is 2.78. The lowest BCUT2D eigenvalue weighted by atomic mass is 10.1. The Kier molecular flexibility index (Phi) is 4.21. The summed E-state index contributed by atoms with van der Waals surface area (Å²) >= 11 is 1.47. The van der Waals surface area contributed by atoms with E-state index in [2.05, 4.69) is 15.7 Å². The Morgan fingerprint density at radius 1 is 1.26 bits per heavy atom. The fraction of sp³-hybridized carbons (Fsp3) is 0.0556. The van der Waals surface area contributed by atoms with Gasteiger partial charge in [-0.1, -0.05) is 6.07 Å². The molecule has 1 aliphatic heterocycles. The number of rotatable bonds is 4. The Morgan fingerprint density at radius 2 is 2.04 bits per heavy atom. The van der Waals surface area contributed by atoms with Gasteiger partial charge in [-0.15, -0.1) is 11.3 Å². The van der Waals surface area contributed by atoms with Crippen molar-refractivity contribution in [2.75, 3.05) is 10.6 Å². The smallest absolute Gasteiger partial charge is 0.352 e. The molecule has 0 bridgehead atoms. The molecule has 0 spiro atoms. The number of allylic oxidation sites excluding steroid dienone is 1. The number of benzene rings is 1. The number of hydrogen-bond acceptors (Lipinski definition) is 5. The van der Waals surface area contributed by atoms with Crippen molar-refractivity contribution in [1.82, 2.24) is 9.78 Å². The van der Waals surface area contributed by atoms with E-state index in [0.717, 1.165) is 4.88 Å². The summed E-state index contributed by atoms with van der Waals surface area (Å²) < 4.78 is 14.6. The number of carboxylic acids is 1. The highest BCUT2D eigenvalue weighted by atomic mass is 32.1. The van der Waals surface area contributed by atoms with Crippen molar-refractivity contribution in [3.63, 3.8) is 0 Å². The summed E-state index contributed by atoms with van der Waals surface area (Å²) in [6.07, 6.45) is 2.93. The number of fused-ring (bicyclic) bond motifs is 1. The first-order chi connectivity index (χ1) is 13.0. The number of thiophene rings is 1. The van der Waals surface area contributed by atoms with E-state index < -0.39 is 23.7 Å². The molecule has 0 saturated carbocycles. The molecule has 1 aromatic carbocycles. The van der Waals surface area contributed by atoms with Crippen LogP contribution in [-0.2, 0) is 4.79 Å². The predicted octanol–water partition coefficient (Wildman–Crippen LogP) is 3.32. The average Bonchev–Trinajstić information content (AvgIpc) is 3.32. The zero-order valence-electron chi connectivity index (χ0n) is 13.7. The summed E-state index contributed by atoms with van der Waals surface area (Å²) in [5, 5.41) is 21.0. The molecule has 3 heterocycles. The van der Waals surface area contributed by atoms with E-state index in [0.29, 0.717) is 5.69 Å². The lowest BCUT2D eigenvalue weighted by molar-refractivity contribution is -0.132. The molecule has 7 nitrogen and oxygen atoms in total. The molecular formula is C18H13FN4O3S. The van der Waals surface area contributed by atoms with E-state index >= 15 is 0 Å². The molecule has 1 aliphatic rings. The number of carbonyl (C=O) groups is 2. The van der Waals surface area contributed by atoms with Gasteiger partial charge in [-0.05, 0) is 41.8 Å². The van der Waals surface area contributed by atoms with Crippen LogP contribution in [0.15, 0.2) is 59.7 Å². The van der Waals surface area contributed by atoms with Gasteiger partial charge in [0.2, 0.25) is 0 Å². The van der Waals surface area contributed by atoms with Crippen molar-refractivity contribution in [2.24, 2.45) is 0 Å². The molecule has 4 rings (SSSR count). The van der Waals surface area contributed by atoms with Crippen LogP contribution in [-0.4, -0.2) is 26.8 Å². The number of aromatic nitrogens is 2. The van der Waals surface area contributed by atoms with Crippen molar-refractivity contribution < 1.29 is 19.1 Å². The number of carboxylic acid groups (broad SMARTS) is 1. The predicted molar refractivity (Wildman–Crippen MR) is 98.4 cm³/mol. The van der Waals surface area contributed by atoms with Crippen molar-refractivity contribution in [2.45, 2.75) is 6.04 Å². The number of hydrogen-bond donors (Lipinski definition) is 3. The molecule has 1 atom stereocenters. The zero-order chi connectivity index (χ0) is 19.0. The molecule has 27 heavy (non-hydrogen) atoms. The van der Waals surface area contributed by atoms with Gasteiger partial charge in [0.1, 0.15) is 28.9 Å². The fourth-order valence-corrected chi connectivity index (χ4v) is 3.56. The van der Waals surface area contributed by atoms with Gasteiger partial charge in [0.25, 0.3) is 5.91 Å². The largest absolute Gasteiger partial charge is 0.477 e. The Bertz CT molecular complexity index is 1040. The number of aliphatic carboxylic acids is 1. The standard InChI is InChI=1S/C18H13FN4O3S/c19-10-3-5-11(6-4-10)21-17(24)12-9-20-23-14(15-2-1-7-27-15)8-13(18(25)26)22-16(12)23/h1-9,14,22H,(H,21,24)(H,25,26). The molecule has 0 saturated heterocycles. The minimum atomic E-state index is -1.13. The maximum Gasteiger partial charge on any atom is 0.352 e. The van der Waals surface area contributed by atoms with Gasteiger partial charge in [0.15, 0.2) is 0 Å². The van der Waals surface area contributed by atoms with E-state index in [1.165, 1.54) is 41.8 Å².